The Morgan fingerprint density at radius 2 is 1.14 bits per heavy atom. The van der Waals surface area contributed by atoms with Crippen molar-refractivity contribution in [3.8, 4) is 0 Å². The molecule has 2 bridgehead atoms. The van der Waals surface area contributed by atoms with Gasteiger partial charge in [-0.25, -0.2) is 0 Å². The van der Waals surface area contributed by atoms with Crippen molar-refractivity contribution in [2.75, 3.05) is 26.2 Å². The number of likely N-dealkylation sites (tertiary alicyclic amines) is 2. The fourth-order valence-corrected chi connectivity index (χ4v) is 5.40. The number of hydrogen-bond acceptors (Lipinski definition) is 7. The Balaban J connectivity index is 1.49. The predicted molar refractivity (Wildman–Crippen MR) is 128 cm³/mol. The van der Waals surface area contributed by atoms with Crippen LogP contribution in [-0.2, 0) is 27.2 Å². The number of Topliss-reactive ketones (excluding diaryl/α,β-unsaturated/α-hetero) is 1. The van der Waals surface area contributed by atoms with E-state index in [2.05, 4.69) is 0 Å². The highest BCUT2D eigenvalue weighted by atomic mass is 16.6. The predicted octanol–water partition coefficient (Wildman–Crippen LogP) is 2.55. The SMILES string of the molecule is CC12CN(C(=O)Cc3cccc([N+](=O)[O-])c3)CC(C)(CN(C(=O)Cc3cccc([N+](=O)[O-])c3)C1)C2=O. The zero-order chi connectivity index (χ0) is 26.3. The van der Waals surface area contributed by atoms with Crippen LogP contribution in [0.3, 0.4) is 0 Å². The van der Waals surface area contributed by atoms with Gasteiger partial charge < -0.3 is 9.80 Å². The quantitative estimate of drug-likeness (QED) is 0.443. The molecule has 2 saturated heterocycles. The Morgan fingerprint density at radius 3 is 1.47 bits per heavy atom. The molecule has 11 nitrogen and oxygen atoms in total. The van der Waals surface area contributed by atoms with Gasteiger partial charge in [0.1, 0.15) is 0 Å². The number of benzene rings is 2. The van der Waals surface area contributed by atoms with Crippen LogP contribution in [0.1, 0.15) is 25.0 Å². The summed E-state index contributed by atoms with van der Waals surface area (Å²) in [4.78, 5) is 63.9. The molecule has 2 aliphatic heterocycles. The summed E-state index contributed by atoms with van der Waals surface area (Å²) in [5, 5.41) is 22.1. The number of carbonyl (C=O) groups excluding carboxylic acids is 3. The van der Waals surface area contributed by atoms with Crippen molar-refractivity contribution in [2.24, 2.45) is 10.8 Å². The third kappa shape index (κ3) is 4.81. The van der Waals surface area contributed by atoms with Gasteiger partial charge in [0.2, 0.25) is 11.8 Å². The second-order valence-electron chi connectivity index (χ2n) is 10.2. The van der Waals surface area contributed by atoms with Crippen molar-refractivity contribution in [3.63, 3.8) is 0 Å². The molecular formula is C25H26N4O7. The van der Waals surface area contributed by atoms with Crippen LogP contribution in [0.4, 0.5) is 11.4 Å². The first-order valence-corrected chi connectivity index (χ1v) is 11.5. The Morgan fingerprint density at radius 1 is 0.778 bits per heavy atom. The number of amides is 2. The second-order valence-corrected chi connectivity index (χ2v) is 10.2. The van der Waals surface area contributed by atoms with Crippen LogP contribution < -0.4 is 0 Å². The van der Waals surface area contributed by atoms with E-state index in [1.165, 1.54) is 36.4 Å². The van der Waals surface area contributed by atoms with E-state index in [0.717, 1.165) is 0 Å². The van der Waals surface area contributed by atoms with E-state index in [-0.39, 0.29) is 68.0 Å². The van der Waals surface area contributed by atoms with Crippen LogP contribution >= 0.6 is 0 Å². The average molecular weight is 495 g/mol. The van der Waals surface area contributed by atoms with Crippen LogP contribution in [0, 0.1) is 31.1 Å². The fourth-order valence-electron chi connectivity index (χ4n) is 5.40. The molecule has 4 rings (SSSR count). The van der Waals surface area contributed by atoms with Gasteiger partial charge >= 0.3 is 0 Å². The Kier molecular flexibility index (Phi) is 6.33. The molecule has 0 radical (unpaired) electrons. The van der Waals surface area contributed by atoms with Crippen LogP contribution in [0.25, 0.3) is 0 Å². The van der Waals surface area contributed by atoms with Crippen molar-refractivity contribution in [1.82, 2.24) is 9.80 Å². The van der Waals surface area contributed by atoms with Gasteiger partial charge in [0, 0.05) is 50.4 Å². The molecule has 0 aromatic heterocycles. The Labute approximate surface area is 207 Å². The van der Waals surface area contributed by atoms with Crippen LogP contribution in [-0.4, -0.2) is 63.4 Å². The van der Waals surface area contributed by atoms with Crippen molar-refractivity contribution < 1.29 is 24.2 Å². The lowest BCUT2D eigenvalue weighted by molar-refractivity contribution is -0.385. The second kappa shape index (κ2) is 9.14. The van der Waals surface area contributed by atoms with E-state index in [4.69, 9.17) is 0 Å². The van der Waals surface area contributed by atoms with Gasteiger partial charge in [0.05, 0.1) is 33.5 Å². The summed E-state index contributed by atoms with van der Waals surface area (Å²) in [5.74, 6) is -0.484. The summed E-state index contributed by atoms with van der Waals surface area (Å²) in [5.41, 5.74) is -1.10. The highest BCUT2D eigenvalue weighted by Crippen LogP contribution is 2.42. The van der Waals surface area contributed by atoms with Crippen LogP contribution in [0.2, 0.25) is 0 Å². The molecule has 2 fully saturated rings. The van der Waals surface area contributed by atoms with Gasteiger partial charge in [-0.05, 0) is 25.0 Å². The molecule has 0 spiro atoms. The Hall–Kier alpha value is -4.15. The maximum Gasteiger partial charge on any atom is 0.269 e. The summed E-state index contributed by atoms with van der Waals surface area (Å²) >= 11 is 0. The topological polar surface area (TPSA) is 144 Å². The zero-order valence-electron chi connectivity index (χ0n) is 20.0. The van der Waals surface area contributed by atoms with Crippen molar-refractivity contribution >= 4 is 29.0 Å². The minimum Gasteiger partial charge on any atom is -0.340 e. The highest BCUT2D eigenvalue weighted by molar-refractivity contribution is 5.96. The number of fused-ring (bicyclic) bond motifs is 2. The molecule has 0 saturated carbocycles. The first-order valence-electron chi connectivity index (χ1n) is 11.5. The minimum absolute atomic E-state index is 0.00574. The van der Waals surface area contributed by atoms with Gasteiger partial charge in [-0.3, -0.25) is 34.6 Å². The van der Waals surface area contributed by atoms with Crippen molar-refractivity contribution in [3.05, 3.63) is 79.9 Å². The number of rotatable bonds is 6. The van der Waals surface area contributed by atoms with Gasteiger partial charge in [0.15, 0.2) is 5.78 Å². The molecule has 2 aromatic carbocycles. The highest BCUT2D eigenvalue weighted by Gasteiger charge is 2.57. The van der Waals surface area contributed by atoms with E-state index in [1.54, 1.807) is 35.8 Å². The normalized spacial score (nSPS) is 23.3. The van der Waals surface area contributed by atoms with E-state index < -0.39 is 20.7 Å². The third-order valence-corrected chi connectivity index (χ3v) is 6.91. The molecule has 11 heteroatoms. The number of nitro benzene ring substituents is 2. The molecule has 0 aliphatic carbocycles. The maximum absolute atomic E-state index is 13.3. The minimum atomic E-state index is -0.970. The molecule has 2 heterocycles. The lowest BCUT2D eigenvalue weighted by Crippen LogP contribution is -2.69. The molecule has 2 aliphatic rings. The van der Waals surface area contributed by atoms with E-state index >= 15 is 0 Å². The summed E-state index contributed by atoms with van der Waals surface area (Å²) in [7, 11) is 0. The number of piperidine rings is 2. The average Bonchev–Trinajstić information content (AvgIpc) is 2.81. The fraction of sp³-hybridized carbons (Fsp3) is 0.400. The summed E-state index contributed by atoms with van der Waals surface area (Å²) < 4.78 is 0. The van der Waals surface area contributed by atoms with Crippen molar-refractivity contribution in [2.45, 2.75) is 26.7 Å². The lowest BCUT2D eigenvalue weighted by Gasteiger charge is -2.55. The molecule has 0 unspecified atom stereocenters. The molecule has 36 heavy (non-hydrogen) atoms. The molecule has 0 atom stereocenters. The number of hydrogen-bond donors (Lipinski definition) is 0. The summed E-state index contributed by atoms with van der Waals surface area (Å²) in [6.45, 7) is 4.03. The zero-order valence-corrected chi connectivity index (χ0v) is 20.0. The first-order chi connectivity index (χ1) is 16.9. The smallest absolute Gasteiger partial charge is 0.269 e. The van der Waals surface area contributed by atoms with Gasteiger partial charge in [-0.2, -0.15) is 0 Å². The lowest BCUT2D eigenvalue weighted by atomic mass is 9.64. The molecule has 0 N–H and O–H groups in total. The number of nitrogens with zero attached hydrogens (tertiary/aromatic N) is 4. The summed E-state index contributed by atoms with van der Waals surface area (Å²) in [6, 6.07) is 11.8. The van der Waals surface area contributed by atoms with Gasteiger partial charge in [-0.1, -0.05) is 24.3 Å². The van der Waals surface area contributed by atoms with Crippen LogP contribution in [0.15, 0.2) is 48.5 Å². The number of ketones is 1. The number of non-ortho nitro benzene ring substituents is 2. The standard InChI is InChI=1S/C25H26N4O7/c1-24-13-26(21(30)11-17-5-3-7-19(9-17)28(33)34)15-25(2,23(24)32)16-27(14-24)22(31)12-18-6-4-8-20(10-18)29(35)36/h3-10H,11-16H2,1-2H3. The van der Waals surface area contributed by atoms with E-state index in [9.17, 15) is 34.6 Å². The van der Waals surface area contributed by atoms with E-state index in [1.807, 2.05) is 0 Å². The summed E-state index contributed by atoms with van der Waals surface area (Å²) in [6.07, 6.45) is -0.0606. The molecular weight excluding hydrogens is 468 g/mol. The molecule has 2 aromatic rings. The molecule has 2 amide bonds. The largest absolute Gasteiger partial charge is 0.340 e. The number of nitro groups is 2. The van der Waals surface area contributed by atoms with Crippen LogP contribution in [0.5, 0.6) is 0 Å². The van der Waals surface area contributed by atoms with Gasteiger partial charge in [-0.15, -0.1) is 0 Å². The van der Waals surface area contributed by atoms with Crippen molar-refractivity contribution in [1.29, 1.82) is 0 Å². The number of carbonyl (C=O) groups is 3. The monoisotopic (exact) mass is 494 g/mol. The third-order valence-electron chi connectivity index (χ3n) is 6.91. The Bertz CT molecular complexity index is 1170. The maximum atomic E-state index is 13.3. The van der Waals surface area contributed by atoms with E-state index in [0.29, 0.717) is 11.1 Å². The van der Waals surface area contributed by atoms with Gasteiger partial charge in [0.25, 0.3) is 11.4 Å². The first kappa shape index (κ1) is 25.0. The molecule has 188 valence electrons.